The molecule has 0 spiro atoms. The van der Waals surface area contributed by atoms with Crippen LogP contribution in [0.4, 0.5) is 0 Å². The first kappa shape index (κ1) is 16.5. The predicted octanol–water partition coefficient (Wildman–Crippen LogP) is 3.40. The van der Waals surface area contributed by atoms with Crippen molar-refractivity contribution in [3.05, 3.63) is 96.3 Å². The molecule has 1 aliphatic rings. The molecule has 3 aromatic rings. The van der Waals surface area contributed by atoms with Crippen LogP contribution in [-0.2, 0) is 14.7 Å². The average molecular weight is 364 g/mol. The molecule has 0 amide bonds. The number of hydrogen-bond donors (Lipinski definition) is 0. The highest BCUT2D eigenvalue weighted by atomic mass is 32.2. The Hall–Kier alpha value is -2.99. The summed E-state index contributed by atoms with van der Waals surface area (Å²) >= 11 is 0. The van der Waals surface area contributed by atoms with Crippen LogP contribution in [0.3, 0.4) is 0 Å². The third kappa shape index (κ3) is 2.88. The van der Waals surface area contributed by atoms with E-state index in [2.05, 4.69) is 10.1 Å². The number of pyridine rings is 1. The molecule has 0 N–H and O–H groups in total. The minimum absolute atomic E-state index is 0.244. The van der Waals surface area contributed by atoms with E-state index in [0.717, 1.165) is 5.56 Å². The van der Waals surface area contributed by atoms with Crippen molar-refractivity contribution in [1.29, 1.82) is 0 Å². The summed E-state index contributed by atoms with van der Waals surface area (Å²) in [5, 5.41) is 3.20. The maximum absolute atomic E-state index is 13.4. The molecule has 6 heteroatoms. The van der Waals surface area contributed by atoms with Crippen molar-refractivity contribution in [2.75, 3.05) is 0 Å². The average Bonchev–Trinajstić information content (AvgIpc) is 3.16. The summed E-state index contributed by atoms with van der Waals surface area (Å²) in [6.07, 6.45) is 2.50. The molecule has 1 aromatic heterocycles. The van der Waals surface area contributed by atoms with Crippen LogP contribution in [0.5, 0.6) is 0 Å². The lowest BCUT2D eigenvalue weighted by Crippen LogP contribution is -2.33. The molecule has 26 heavy (non-hydrogen) atoms. The quantitative estimate of drug-likeness (QED) is 0.711. The van der Waals surface area contributed by atoms with E-state index in [4.69, 9.17) is 4.84 Å². The van der Waals surface area contributed by atoms with E-state index in [9.17, 15) is 8.42 Å². The largest absolute Gasteiger partial charge is 0.385 e. The second kappa shape index (κ2) is 6.72. The molecule has 130 valence electrons. The Labute approximate surface area is 151 Å². The van der Waals surface area contributed by atoms with Gasteiger partial charge in [0.1, 0.15) is 5.71 Å². The second-order valence-electron chi connectivity index (χ2n) is 5.93. The number of oxime groups is 1. The van der Waals surface area contributed by atoms with Gasteiger partial charge in [0.05, 0.1) is 4.90 Å². The molecule has 0 radical (unpaired) electrons. The summed E-state index contributed by atoms with van der Waals surface area (Å²) in [6, 6.07) is 21.2. The van der Waals surface area contributed by atoms with Crippen LogP contribution in [0.15, 0.2) is 95.2 Å². The van der Waals surface area contributed by atoms with Crippen LogP contribution in [0, 0.1) is 0 Å². The van der Waals surface area contributed by atoms with Gasteiger partial charge >= 0.3 is 0 Å². The van der Waals surface area contributed by atoms with E-state index >= 15 is 0 Å². The van der Waals surface area contributed by atoms with Gasteiger partial charge in [0.15, 0.2) is 21.2 Å². The monoisotopic (exact) mass is 364 g/mol. The highest BCUT2D eigenvalue weighted by Gasteiger charge is 2.46. The highest BCUT2D eigenvalue weighted by Crippen LogP contribution is 2.37. The molecule has 2 heterocycles. The topological polar surface area (TPSA) is 68.6 Å². The summed E-state index contributed by atoms with van der Waals surface area (Å²) < 4.78 is 26.8. The van der Waals surface area contributed by atoms with E-state index in [1.165, 1.54) is 0 Å². The zero-order valence-electron chi connectivity index (χ0n) is 13.8. The van der Waals surface area contributed by atoms with Gasteiger partial charge in [0.2, 0.25) is 0 Å². The van der Waals surface area contributed by atoms with Gasteiger partial charge < -0.3 is 4.84 Å². The van der Waals surface area contributed by atoms with Crippen molar-refractivity contribution in [1.82, 2.24) is 4.98 Å². The van der Waals surface area contributed by atoms with Crippen LogP contribution >= 0.6 is 0 Å². The van der Waals surface area contributed by atoms with Crippen molar-refractivity contribution in [3.63, 3.8) is 0 Å². The van der Waals surface area contributed by atoms with E-state index in [-0.39, 0.29) is 4.90 Å². The van der Waals surface area contributed by atoms with Crippen LogP contribution in [-0.4, -0.2) is 24.4 Å². The lowest BCUT2D eigenvalue weighted by Gasteiger charge is -2.19. The van der Waals surface area contributed by atoms with Crippen LogP contribution < -0.4 is 0 Å². The lowest BCUT2D eigenvalue weighted by molar-refractivity contribution is 0.0868. The zero-order valence-corrected chi connectivity index (χ0v) is 14.6. The Bertz CT molecular complexity index is 1020. The van der Waals surface area contributed by atoms with Crippen LogP contribution in [0.2, 0.25) is 0 Å². The summed E-state index contributed by atoms with van der Waals surface area (Å²) in [4.78, 5) is 9.93. The van der Waals surface area contributed by atoms with Gasteiger partial charge in [-0.25, -0.2) is 8.42 Å². The molecule has 2 atom stereocenters. The standard InChI is InChI=1S/C20H16N2O3S/c23-26(24,17-11-5-2-6-12-17)20-18(15-8-3-1-4-9-15)22-25-19(20)16-10-7-13-21-14-16/h1-14,19-20H. The fraction of sp³-hybridized carbons (Fsp3) is 0.100. The Morgan fingerprint density at radius 1 is 0.846 bits per heavy atom. The molecule has 0 saturated heterocycles. The minimum atomic E-state index is -3.72. The fourth-order valence-corrected chi connectivity index (χ4v) is 4.87. The van der Waals surface area contributed by atoms with Gasteiger partial charge in [-0.3, -0.25) is 4.98 Å². The molecular weight excluding hydrogens is 348 g/mol. The van der Waals surface area contributed by atoms with Crippen molar-refractivity contribution in [2.24, 2.45) is 5.16 Å². The van der Waals surface area contributed by atoms with Crippen LogP contribution in [0.1, 0.15) is 17.2 Å². The molecule has 1 aliphatic heterocycles. The molecule has 2 aromatic carbocycles. The summed E-state index contributed by atoms with van der Waals surface area (Å²) in [5.74, 6) is 0. The van der Waals surface area contributed by atoms with Gasteiger partial charge in [-0.05, 0) is 18.2 Å². The Balaban J connectivity index is 1.85. The molecule has 4 rings (SSSR count). The van der Waals surface area contributed by atoms with E-state index in [1.807, 2.05) is 30.3 Å². The zero-order chi connectivity index (χ0) is 18.0. The first-order chi connectivity index (χ1) is 12.7. The Morgan fingerprint density at radius 3 is 2.19 bits per heavy atom. The number of rotatable bonds is 4. The summed E-state index contributed by atoms with van der Waals surface area (Å²) in [6.45, 7) is 0. The van der Waals surface area contributed by atoms with Crippen molar-refractivity contribution < 1.29 is 13.3 Å². The smallest absolute Gasteiger partial charge is 0.191 e. The third-order valence-electron chi connectivity index (χ3n) is 4.30. The first-order valence-corrected chi connectivity index (χ1v) is 9.70. The second-order valence-corrected chi connectivity index (χ2v) is 8.00. The minimum Gasteiger partial charge on any atom is -0.385 e. The van der Waals surface area contributed by atoms with Gasteiger partial charge in [-0.2, -0.15) is 0 Å². The molecular formula is C20H16N2O3S. The third-order valence-corrected chi connectivity index (χ3v) is 6.37. The van der Waals surface area contributed by atoms with Crippen molar-refractivity contribution >= 4 is 15.5 Å². The fourth-order valence-electron chi connectivity index (χ4n) is 3.04. The molecule has 0 saturated carbocycles. The molecule has 0 fully saturated rings. The molecule has 0 aliphatic carbocycles. The van der Waals surface area contributed by atoms with Gasteiger partial charge in [-0.15, -0.1) is 0 Å². The number of nitrogens with zero attached hydrogens (tertiary/aromatic N) is 2. The Morgan fingerprint density at radius 2 is 1.54 bits per heavy atom. The SMILES string of the molecule is O=S(=O)(c1ccccc1)C1C(c2ccccc2)=NOC1c1cccnc1. The lowest BCUT2D eigenvalue weighted by atomic mass is 10.0. The van der Waals surface area contributed by atoms with Gasteiger partial charge in [0, 0.05) is 23.5 Å². The summed E-state index contributed by atoms with van der Waals surface area (Å²) in [7, 11) is -3.72. The highest BCUT2D eigenvalue weighted by molar-refractivity contribution is 7.93. The number of aromatic nitrogens is 1. The maximum Gasteiger partial charge on any atom is 0.191 e. The molecule has 2 unspecified atom stereocenters. The van der Waals surface area contributed by atoms with Crippen molar-refractivity contribution in [3.8, 4) is 0 Å². The first-order valence-electron chi connectivity index (χ1n) is 8.16. The number of hydrogen-bond acceptors (Lipinski definition) is 5. The molecule has 5 nitrogen and oxygen atoms in total. The van der Waals surface area contributed by atoms with Gasteiger partial charge in [0.25, 0.3) is 0 Å². The van der Waals surface area contributed by atoms with E-state index in [1.54, 1.807) is 54.9 Å². The Kier molecular flexibility index (Phi) is 4.26. The predicted molar refractivity (Wildman–Crippen MR) is 98.5 cm³/mol. The van der Waals surface area contributed by atoms with Crippen molar-refractivity contribution in [2.45, 2.75) is 16.2 Å². The molecule has 0 bridgehead atoms. The number of sulfone groups is 1. The van der Waals surface area contributed by atoms with Gasteiger partial charge in [-0.1, -0.05) is 59.8 Å². The normalized spacial score (nSPS) is 19.6. The number of benzene rings is 2. The summed E-state index contributed by atoms with van der Waals surface area (Å²) in [5.41, 5.74) is 1.80. The van der Waals surface area contributed by atoms with E-state index < -0.39 is 21.2 Å². The maximum atomic E-state index is 13.4. The van der Waals surface area contributed by atoms with E-state index in [0.29, 0.717) is 11.3 Å². The van der Waals surface area contributed by atoms with Crippen LogP contribution in [0.25, 0.3) is 0 Å².